The number of nitrogens with one attached hydrogen (secondary N) is 2. The van der Waals surface area contributed by atoms with E-state index >= 15 is 0 Å². The van der Waals surface area contributed by atoms with Crippen molar-refractivity contribution in [3.05, 3.63) is 90.8 Å². The van der Waals surface area contributed by atoms with Gasteiger partial charge in [0.05, 0.1) is 11.4 Å². The van der Waals surface area contributed by atoms with Crippen molar-refractivity contribution < 1.29 is 19.0 Å². The SMILES string of the molecule is CC1=NN(c2ccccc2)C(=O)[C@H]1/C(=N\NC(=O)C[n+]1ccccc1)C(=O)Nc1ccccc1C(C)C. The highest BCUT2D eigenvalue weighted by Gasteiger charge is 2.41. The van der Waals surface area contributed by atoms with Crippen LogP contribution in [0, 0.1) is 5.92 Å². The summed E-state index contributed by atoms with van der Waals surface area (Å²) in [6.45, 7) is 5.71. The molecule has 1 aromatic heterocycles. The summed E-state index contributed by atoms with van der Waals surface area (Å²) in [6, 6.07) is 21.8. The Morgan fingerprint density at radius 2 is 1.65 bits per heavy atom. The van der Waals surface area contributed by atoms with E-state index in [-0.39, 0.29) is 18.2 Å². The van der Waals surface area contributed by atoms with Crippen molar-refractivity contribution in [3.8, 4) is 0 Å². The van der Waals surface area contributed by atoms with Crippen LogP contribution < -0.4 is 20.3 Å². The molecule has 2 heterocycles. The standard InChI is InChI=1S/C28H28N6O3/c1-19(2)22-14-8-9-15-23(22)29-27(36)26(31-30-24(35)18-33-16-10-5-11-17-33)25-20(3)32-34(28(25)37)21-12-6-4-7-13-21/h4-17,19,25H,18H2,1-3H3,(H-,29,30,35,36)/p+1/t25-/m1/s1. The molecule has 0 saturated carbocycles. The Balaban J connectivity index is 1.64. The van der Waals surface area contributed by atoms with Crippen LogP contribution in [-0.4, -0.2) is 29.1 Å². The van der Waals surface area contributed by atoms with Gasteiger partial charge in [-0.25, -0.2) is 5.43 Å². The number of aromatic nitrogens is 1. The van der Waals surface area contributed by atoms with Gasteiger partial charge < -0.3 is 5.32 Å². The minimum atomic E-state index is -1.06. The molecule has 37 heavy (non-hydrogen) atoms. The van der Waals surface area contributed by atoms with Gasteiger partial charge >= 0.3 is 5.91 Å². The largest absolute Gasteiger partial charge is 0.321 e. The summed E-state index contributed by atoms with van der Waals surface area (Å²) >= 11 is 0. The second-order valence-corrected chi connectivity index (χ2v) is 8.94. The second-order valence-electron chi connectivity index (χ2n) is 8.94. The van der Waals surface area contributed by atoms with Crippen molar-refractivity contribution in [2.24, 2.45) is 16.1 Å². The van der Waals surface area contributed by atoms with Gasteiger partial charge in [0.1, 0.15) is 11.6 Å². The first-order valence-corrected chi connectivity index (χ1v) is 12.0. The number of hydrogen-bond acceptors (Lipinski definition) is 5. The molecular formula is C28H29N6O3+. The number of nitrogens with zero attached hydrogens (tertiary/aromatic N) is 4. The average molecular weight is 498 g/mol. The molecule has 2 N–H and O–H groups in total. The fourth-order valence-corrected chi connectivity index (χ4v) is 4.05. The maximum Gasteiger partial charge on any atom is 0.305 e. The first kappa shape index (κ1) is 25.4. The Kier molecular flexibility index (Phi) is 7.83. The van der Waals surface area contributed by atoms with E-state index < -0.39 is 23.6 Å². The third-order valence-corrected chi connectivity index (χ3v) is 5.87. The Morgan fingerprint density at radius 3 is 2.35 bits per heavy atom. The van der Waals surface area contributed by atoms with E-state index in [1.54, 1.807) is 66.3 Å². The van der Waals surface area contributed by atoms with Gasteiger partial charge in [-0.1, -0.05) is 56.3 Å². The van der Waals surface area contributed by atoms with Crippen molar-refractivity contribution in [2.75, 3.05) is 10.3 Å². The van der Waals surface area contributed by atoms with Crippen LogP contribution >= 0.6 is 0 Å². The fourth-order valence-electron chi connectivity index (χ4n) is 4.05. The van der Waals surface area contributed by atoms with E-state index in [0.29, 0.717) is 17.1 Å². The van der Waals surface area contributed by atoms with Gasteiger partial charge in [-0.3, -0.25) is 14.4 Å². The Labute approximate surface area is 215 Å². The van der Waals surface area contributed by atoms with Crippen LogP contribution in [0.4, 0.5) is 11.4 Å². The summed E-state index contributed by atoms with van der Waals surface area (Å²) in [5.74, 6) is -2.37. The highest BCUT2D eigenvalue weighted by Crippen LogP contribution is 2.27. The lowest BCUT2D eigenvalue weighted by Gasteiger charge is -2.17. The molecule has 0 saturated heterocycles. The smallest absolute Gasteiger partial charge is 0.305 e. The molecule has 1 aliphatic rings. The molecule has 2 aromatic carbocycles. The van der Waals surface area contributed by atoms with Crippen LogP contribution in [0.5, 0.6) is 0 Å². The quantitative estimate of drug-likeness (QED) is 0.283. The summed E-state index contributed by atoms with van der Waals surface area (Å²) in [6.07, 6.45) is 3.49. The molecule has 9 heteroatoms. The van der Waals surface area contributed by atoms with Gasteiger partial charge in [-0.2, -0.15) is 19.8 Å². The number of hydrogen-bond donors (Lipinski definition) is 2. The number of hydrazone groups is 2. The number of carbonyl (C=O) groups excluding carboxylic acids is 3. The molecule has 0 radical (unpaired) electrons. The average Bonchev–Trinajstić information content (AvgIpc) is 3.19. The van der Waals surface area contributed by atoms with Gasteiger partial charge in [-0.05, 0) is 36.6 Å². The molecule has 9 nitrogen and oxygen atoms in total. The van der Waals surface area contributed by atoms with E-state index in [1.807, 2.05) is 44.2 Å². The van der Waals surface area contributed by atoms with Crippen molar-refractivity contribution in [2.45, 2.75) is 33.2 Å². The number of benzene rings is 2. The highest BCUT2D eigenvalue weighted by molar-refractivity contribution is 6.52. The van der Waals surface area contributed by atoms with Crippen LogP contribution in [0.2, 0.25) is 0 Å². The van der Waals surface area contributed by atoms with Crippen molar-refractivity contribution in [3.63, 3.8) is 0 Å². The van der Waals surface area contributed by atoms with Crippen LogP contribution in [0.25, 0.3) is 0 Å². The molecule has 0 aliphatic carbocycles. The zero-order valence-corrected chi connectivity index (χ0v) is 21.0. The summed E-state index contributed by atoms with van der Waals surface area (Å²) in [7, 11) is 0. The molecule has 188 valence electrons. The predicted molar refractivity (Wildman–Crippen MR) is 142 cm³/mol. The second kappa shape index (κ2) is 11.4. The number of pyridine rings is 1. The van der Waals surface area contributed by atoms with E-state index in [0.717, 1.165) is 5.56 Å². The molecule has 0 bridgehead atoms. The number of amides is 3. The molecule has 0 unspecified atom stereocenters. The van der Waals surface area contributed by atoms with E-state index in [1.165, 1.54) is 5.01 Å². The third-order valence-electron chi connectivity index (χ3n) is 5.87. The predicted octanol–water partition coefficient (Wildman–Crippen LogP) is 3.25. The lowest BCUT2D eigenvalue weighted by molar-refractivity contribution is -0.684. The van der Waals surface area contributed by atoms with Crippen LogP contribution in [0.1, 0.15) is 32.3 Å². The van der Waals surface area contributed by atoms with E-state index in [2.05, 4.69) is 20.9 Å². The molecular weight excluding hydrogens is 468 g/mol. The van der Waals surface area contributed by atoms with Crippen molar-refractivity contribution >= 4 is 40.5 Å². The minimum absolute atomic E-state index is 0.00273. The van der Waals surface area contributed by atoms with E-state index in [4.69, 9.17) is 0 Å². The third kappa shape index (κ3) is 5.95. The first-order valence-electron chi connectivity index (χ1n) is 12.0. The zero-order chi connectivity index (χ0) is 26.4. The molecule has 0 fully saturated rings. The minimum Gasteiger partial charge on any atom is -0.321 e. The van der Waals surface area contributed by atoms with Gasteiger partial charge in [-0.15, -0.1) is 0 Å². The van der Waals surface area contributed by atoms with Gasteiger partial charge in [0.15, 0.2) is 12.4 Å². The van der Waals surface area contributed by atoms with Crippen LogP contribution in [0.15, 0.2) is 95.4 Å². The number of anilines is 2. The molecule has 3 aromatic rings. The van der Waals surface area contributed by atoms with Gasteiger partial charge in [0, 0.05) is 17.8 Å². The molecule has 4 rings (SSSR count). The summed E-state index contributed by atoms with van der Waals surface area (Å²) < 4.78 is 1.67. The molecule has 1 atom stereocenters. The number of carbonyl (C=O) groups is 3. The summed E-state index contributed by atoms with van der Waals surface area (Å²) in [5.41, 5.74) is 4.82. The lowest BCUT2D eigenvalue weighted by Crippen LogP contribution is -2.43. The van der Waals surface area contributed by atoms with Gasteiger partial charge in [0.25, 0.3) is 11.8 Å². The normalized spacial score (nSPS) is 15.5. The fraction of sp³-hybridized carbons (Fsp3) is 0.214. The maximum absolute atomic E-state index is 13.6. The number of rotatable bonds is 8. The highest BCUT2D eigenvalue weighted by atomic mass is 16.2. The Bertz CT molecular complexity index is 1350. The molecule has 3 amide bonds. The lowest BCUT2D eigenvalue weighted by atomic mass is 9.96. The summed E-state index contributed by atoms with van der Waals surface area (Å²) in [4.78, 5) is 39.6. The summed E-state index contributed by atoms with van der Waals surface area (Å²) in [5, 5.41) is 12.7. The zero-order valence-electron chi connectivity index (χ0n) is 21.0. The van der Waals surface area contributed by atoms with Crippen molar-refractivity contribution in [1.82, 2.24) is 5.43 Å². The number of para-hydroxylation sites is 2. The monoisotopic (exact) mass is 497 g/mol. The van der Waals surface area contributed by atoms with Crippen LogP contribution in [-0.2, 0) is 20.9 Å². The van der Waals surface area contributed by atoms with E-state index in [9.17, 15) is 14.4 Å². The molecule has 0 spiro atoms. The molecule has 1 aliphatic heterocycles. The van der Waals surface area contributed by atoms with Gasteiger partial charge in [0.2, 0.25) is 6.54 Å². The Hall–Kier alpha value is -4.66. The Morgan fingerprint density at radius 1 is 1.00 bits per heavy atom. The topological polar surface area (TPSA) is 107 Å². The van der Waals surface area contributed by atoms with Crippen LogP contribution in [0.3, 0.4) is 0 Å². The maximum atomic E-state index is 13.6. The van der Waals surface area contributed by atoms with Crippen molar-refractivity contribution in [1.29, 1.82) is 0 Å². The first-order chi connectivity index (χ1) is 17.8.